The summed E-state index contributed by atoms with van der Waals surface area (Å²) in [6.07, 6.45) is 1.70. The van der Waals surface area contributed by atoms with Crippen LogP contribution in [0.5, 0.6) is 0 Å². The molecule has 0 saturated carbocycles. The van der Waals surface area contributed by atoms with Gasteiger partial charge in [0.25, 0.3) is 0 Å². The number of aromatic nitrogens is 1. The van der Waals surface area contributed by atoms with Crippen LogP contribution in [-0.2, 0) is 9.59 Å². The second-order valence-corrected chi connectivity index (χ2v) is 5.00. The van der Waals surface area contributed by atoms with E-state index in [2.05, 4.69) is 10.3 Å². The summed E-state index contributed by atoms with van der Waals surface area (Å²) in [5.41, 5.74) is 1.59. The first kappa shape index (κ1) is 14.2. The zero-order valence-corrected chi connectivity index (χ0v) is 11.6. The van der Waals surface area contributed by atoms with Gasteiger partial charge in [0, 0.05) is 28.1 Å². The molecule has 2 aromatic rings. The third-order valence-corrected chi connectivity index (χ3v) is 3.26. The maximum Gasteiger partial charge on any atom is 0.328 e. The van der Waals surface area contributed by atoms with E-state index in [1.807, 2.05) is 12.1 Å². The Morgan fingerprint density at radius 1 is 1.25 bits per heavy atom. The van der Waals surface area contributed by atoms with Crippen molar-refractivity contribution in [3.8, 4) is 11.3 Å². The quantitative estimate of drug-likeness (QED) is 0.851. The summed E-state index contributed by atoms with van der Waals surface area (Å²) in [5, 5.41) is 13.7. The van der Waals surface area contributed by atoms with Gasteiger partial charge >= 0.3 is 5.97 Å². The van der Waals surface area contributed by atoms with Crippen molar-refractivity contribution < 1.29 is 14.7 Å². The molecule has 1 aromatic heterocycles. The van der Waals surface area contributed by atoms with E-state index >= 15 is 0 Å². The number of carboxylic acids is 1. The van der Waals surface area contributed by atoms with Crippen LogP contribution in [0.3, 0.4) is 0 Å². The molecular formula is C13H9ClN2O3S. The summed E-state index contributed by atoms with van der Waals surface area (Å²) in [6.45, 7) is 0. The number of carbonyl (C=O) groups is 2. The van der Waals surface area contributed by atoms with Crippen LogP contribution in [-0.4, -0.2) is 22.0 Å². The predicted molar refractivity (Wildman–Crippen MR) is 78.0 cm³/mol. The number of nitrogens with zero attached hydrogens (tertiary/aromatic N) is 1. The summed E-state index contributed by atoms with van der Waals surface area (Å²) in [4.78, 5) is 25.9. The number of aliphatic carboxylic acids is 1. The first-order valence-corrected chi connectivity index (χ1v) is 6.74. The molecule has 20 heavy (non-hydrogen) atoms. The van der Waals surface area contributed by atoms with Crippen molar-refractivity contribution in [1.29, 1.82) is 0 Å². The van der Waals surface area contributed by atoms with Gasteiger partial charge in [0.1, 0.15) is 0 Å². The fourth-order valence-electron chi connectivity index (χ4n) is 1.38. The first-order valence-electron chi connectivity index (χ1n) is 5.48. The Balaban J connectivity index is 2.07. The zero-order valence-electron chi connectivity index (χ0n) is 10.0. The molecule has 0 spiro atoms. The minimum atomic E-state index is -1.18. The van der Waals surface area contributed by atoms with E-state index < -0.39 is 11.9 Å². The standard InChI is InChI=1S/C13H9ClN2O3S/c14-9-3-1-8(2-4-9)10-7-20-13(15-10)16-11(17)5-6-12(18)19/h1-7H,(H,18,19)(H,15,16,17)/b6-5-. The lowest BCUT2D eigenvalue weighted by Gasteiger charge is -1.97. The maximum atomic E-state index is 11.4. The molecule has 0 unspecified atom stereocenters. The number of hydrogen-bond acceptors (Lipinski definition) is 4. The molecule has 0 radical (unpaired) electrons. The molecule has 0 aliphatic carbocycles. The van der Waals surface area contributed by atoms with Gasteiger partial charge in [0.15, 0.2) is 5.13 Å². The molecule has 0 saturated heterocycles. The number of nitrogens with one attached hydrogen (secondary N) is 1. The fraction of sp³-hybridized carbons (Fsp3) is 0. The number of anilines is 1. The van der Waals surface area contributed by atoms with Crippen LogP contribution in [0.2, 0.25) is 5.02 Å². The van der Waals surface area contributed by atoms with Crippen molar-refractivity contribution in [2.45, 2.75) is 0 Å². The third-order valence-electron chi connectivity index (χ3n) is 2.25. The lowest BCUT2D eigenvalue weighted by atomic mass is 10.2. The molecule has 0 bridgehead atoms. The van der Waals surface area contributed by atoms with Gasteiger partial charge in [-0.1, -0.05) is 23.7 Å². The van der Waals surface area contributed by atoms with Gasteiger partial charge in [-0.3, -0.25) is 10.1 Å². The molecule has 1 amide bonds. The van der Waals surface area contributed by atoms with Gasteiger partial charge in [-0.25, -0.2) is 9.78 Å². The molecule has 2 rings (SSSR count). The lowest BCUT2D eigenvalue weighted by molar-refractivity contribution is -0.131. The second kappa shape index (κ2) is 6.31. The smallest absolute Gasteiger partial charge is 0.328 e. The number of rotatable bonds is 4. The van der Waals surface area contributed by atoms with Crippen LogP contribution in [0.4, 0.5) is 5.13 Å². The van der Waals surface area contributed by atoms with Gasteiger partial charge in [0.05, 0.1) is 5.69 Å². The van der Waals surface area contributed by atoms with Gasteiger partial charge in [0.2, 0.25) is 5.91 Å². The zero-order chi connectivity index (χ0) is 14.5. The van der Waals surface area contributed by atoms with Gasteiger partial charge in [-0.15, -0.1) is 11.3 Å². The number of benzene rings is 1. The van der Waals surface area contributed by atoms with Crippen molar-refractivity contribution in [3.63, 3.8) is 0 Å². The summed E-state index contributed by atoms with van der Waals surface area (Å²) in [7, 11) is 0. The monoisotopic (exact) mass is 308 g/mol. The van der Waals surface area contributed by atoms with Crippen LogP contribution < -0.4 is 5.32 Å². The van der Waals surface area contributed by atoms with Crippen molar-refractivity contribution in [2.75, 3.05) is 5.32 Å². The summed E-state index contributed by atoms with van der Waals surface area (Å²) < 4.78 is 0. The molecule has 0 aliphatic rings. The highest BCUT2D eigenvalue weighted by Gasteiger charge is 2.06. The summed E-state index contributed by atoms with van der Waals surface area (Å²) >= 11 is 7.06. The van der Waals surface area contributed by atoms with Gasteiger partial charge in [-0.05, 0) is 12.1 Å². The second-order valence-electron chi connectivity index (χ2n) is 3.71. The average molecular weight is 309 g/mol. The van der Waals surface area contributed by atoms with Crippen LogP contribution in [0.15, 0.2) is 41.8 Å². The van der Waals surface area contributed by atoms with E-state index in [9.17, 15) is 9.59 Å². The number of amides is 1. The van der Waals surface area contributed by atoms with Crippen molar-refractivity contribution in [2.24, 2.45) is 0 Å². The lowest BCUT2D eigenvalue weighted by Crippen LogP contribution is -2.08. The van der Waals surface area contributed by atoms with Crippen LogP contribution in [0.25, 0.3) is 11.3 Å². The van der Waals surface area contributed by atoms with E-state index in [-0.39, 0.29) is 0 Å². The molecule has 1 aromatic carbocycles. The van der Waals surface area contributed by atoms with Gasteiger partial charge < -0.3 is 5.11 Å². The minimum absolute atomic E-state index is 0.398. The van der Waals surface area contributed by atoms with E-state index in [0.29, 0.717) is 15.8 Å². The predicted octanol–water partition coefficient (Wildman–Crippen LogP) is 3.04. The fourth-order valence-corrected chi connectivity index (χ4v) is 2.23. The molecule has 102 valence electrons. The highest BCUT2D eigenvalue weighted by Crippen LogP contribution is 2.25. The topological polar surface area (TPSA) is 79.3 Å². The Hall–Kier alpha value is -2.18. The van der Waals surface area contributed by atoms with Crippen LogP contribution in [0, 0.1) is 0 Å². The normalized spacial score (nSPS) is 10.7. The SMILES string of the molecule is O=C(O)/C=C\C(=O)Nc1nc(-c2ccc(Cl)cc2)cs1. The van der Waals surface area contributed by atoms with E-state index in [0.717, 1.165) is 17.7 Å². The molecule has 0 fully saturated rings. The Kier molecular flexibility index (Phi) is 4.49. The summed E-state index contributed by atoms with van der Waals surface area (Å²) in [5.74, 6) is -1.72. The number of carbonyl (C=O) groups excluding carboxylic acids is 1. The average Bonchev–Trinajstić information content (AvgIpc) is 2.85. The van der Waals surface area contributed by atoms with Gasteiger partial charge in [-0.2, -0.15) is 0 Å². The van der Waals surface area contributed by atoms with E-state index in [1.54, 1.807) is 17.5 Å². The highest BCUT2D eigenvalue weighted by molar-refractivity contribution is 7.14. The Labute approximate surface area is 123 Å². The molecular weight excluding hydrogens is 300 g/mol. The Morgan fingerprint density at radius 2 is 1.95 bits per heavy atom. The molecule has 0 atom stereocenters. The Morgan fingerprint density at radius 3 is 2.60 bits per heavy atom. The van der Waals surface area contributed by atoms with Crippen LogP contribution >= 0.6 is 22.9 Å². The number of carboxylic acid groups (broad SMARTS) is 1. The maximum absolute atomic E-state index is 11.4. The molecule has 1 heterocycles. The third kappa shape index (κ3) is 3.91. The number of thiazole rings is 1. The Bertz CT molecular complexity index is 665. The first-order chi connectivity index (χ1) is 9.54. The number of hydrogen-bond donors (Lipinski definition) is 2. The number of halogens is 1. The van der Waals surface area contributed by atoms with Crippen molar-refractivity contribution >= 4 is 39.9 Å². The molecule has 2 N–H and O–H groups in total. The van der Waals surface area contributed by atoms with E-state index in [1.165, 1.54) is 11.3 Å². The molecule has 7 heteroatoms. The molecule has 5 nitrogen and oxygen atoms in total. The highest BCUT2D eigenvalue weighted by atomic mass is 35.5. The molecule has 0 aliphatic heterocycles. The van der Waals surface area contributed by atoms with Crippen molar-refractivity contribution in [1.82, 2.24) is 4.98 Å². The van der Waals surface area contributed by atoms with Crippen LogP contribution in [0.1, 0.15) is 0 Å². The van der Waals surface area contributed by atoms with E-state index in [4.69, 9.17) is 16.7 Å². The minimum Gasteiger partial charge on any atom is -0.478 e. The van der Waals surface area contributed by atoms with Crippen molar-refractivity contribution in [3.05, 3.63) is 46.8 Å². The summed E-state index contributed by atoms with van der Waals surface area (Å²) in [6, 6.07) is 7.16. The largest absolute Gasteiger partial charge is 0.478 e.